The molecule has 2 rings (SSSR count). The summed E-state index contributed by atoms with van der Waals surface area (Å²) in [7, 11) is 0. The highest BCUT2D eigenvalue weighted by Crippen LogP contribution is 2.15. The summed E-state index contributed by atoms with van der Waals surface area (Å²) in [5, 5.41) is 12.9. The van der Waals surface area contributed by atoms with Crippen molar-refractivity contribution in [1.82, 2.24) is 9.78 Å². The molecule has 1 heterocycles. The molecule has 0 spiro atoms. The van der Waals surface area contributed by atoms with E-state index in [0.29, 0.717) is 10.6 Å². The molecule has 0 aliphatic rings. The quantitative estimate of drug-likeness (QED) is 0.915. The predicted molar refractivity (Wildman–Crippen MR) is 59.7 cm³/mol. The molecule has 0 fully saturated rings. The zero-order valence-corrected chi connectivity index (χ0v) is 9.36. The zero-order valence-electron chi connectivity index (χ0n) is 8.60. The van der Waals surface area contributed by atoms with E-state index in [-0.39, 0.29) is 12.1 Å². The summed E-state index contributed by atoms with van der Waals surface area (Å²) < 4.78 is 14.8. The SMILES string of the molecule is O=C(O)c1cnn(Cc2ccc(Cl)cc2F)c1. The van der Waals surface area contributed by atoms with Crippen molar-refractivity contribution in [3.63, 3.8) is 0 Å². The van der Waals surface area contributed by atoms with Gasteiger partial charge in [0.15, 0.2) is 0 Å². The second kappa shape index (κ2) is 4.55. The Morgan fingerprint density at radius 1 is 1.53 bits per heavy atom. The van der Waals surface area contributed by atoms with E-state index in [9.17, 15) is 9.18 Å². The van der Waals surface area contributed by atoms with E-state index in [1.807, 2.05) is 0 Å². The number of carbonyl (C=O) groups is 1. The van der Waals surface area contributed by atoms with E-state index in [2.05, 4.69) is 5.10 Å². The van der Waals surface area contributed by atoms with Crippen molar-refractivity contribution in [3.8, 4) is 0 Å². The van der Waals surface area contributed by atoms with Gasteiger partial charge in [0, 0.05) is 16.8 Å². The average Bonchev–Trinajstić information content (AvgIpc) is 2.71. The molecule has 1 N–H and O–H groups in total. The summed E-state index contributed by atoms with van der Waals surface area (Å²) in [6.45, 7) is 0.163. The van der Waals surface area contributed by atoms with Crippen LogP contribution in [0.15, 0.2) is 30.6 Å². The Labute approximate surface area is 101 Å². The molecule has 0 saturated carbocycles. The highest BCUT2D eigenvalue weighted by molar-refractivity contribution is 6.30. The van der Waals surface area contributed by atoms with Crippen LogP contribution in [0.25, 0.3) is 0 Å². The van der Waals surface area contributed by atoms with E-state index in [1.165, 1.54) is 23.1 Å². The number of carboxylic acid groups (broad SMARTS) is 1. The van der Waals surface area contributed by atoms with Gasteiger partial charge in [-0.3, -0.25) is 4.68 Å². The third kappa shape index (κ3) is 2.62. The van der Waals surface area contributed by atoms with Crippen LogP contribution >= 0.6 is 11.6 Å². The maximum atomic E-state index is 13.5. The molecule has 0 unspecified atom stereocenters. The molecule has 0 saturated heterocycles. The van der Waals surface area contributed by atoms with Gasteiger partial charge in [0.25, 0.3) is 0 Å². The van der Waals surface area contributed by atoms with E-state index < -0.39 is 11.8 Å². The number of carboxylic acids is 1. The second-order valence-electron chi connectivity index (χ2n) is 3.47. The van der Waals surface area contributed by atoms with Gasteiger partial charge in [0.1, 0.15) is 5.82 Å². The fourth-order valence-corrected chi connectivity index (χ4v) is 1.54. The largest absolute Gasteiger partial charge is 0.478 e. The van der Waals surface area contributed by atoms with E-state index in [0.717, 1.165) is 0 Å². The van der Waals surface area contributed by atoms with Crippen LogP contribution < -0.4 is 0 Å². The Morgan fingerprint density at radius 2 is 2.29 bits per heavy atom. The molecule has 17 heavy (non-hydrogen) atoms. The van der Waals surface area contributed by atoms with Gasteiger partial charge >= 0.3 is 5.97 Å². The monoisotopic (exact) mass is 254 g/mol. The number of benzene rings is 1. The summed E-state index contributed by atoms with van der Waals surface area (Å²) in [5.74, 6) is -1.50. The standard InChI is InChI=1S/C11H8ClFN2O2/c12-9-2-1-7(10(13)3-9)5-15-6-8(4-14-15)11(16)17/h1-4,6H,5H2,(H,16,17). The third-order valence-corrected chi connectivity index (χ3v) is 2.46. The van der Waals surface area contributed by atoms with Gasteiger partial charge in [-0.2, -0.15) is 5.10 Å². The van der Waals surface area contributed by atoms with Crippen LogP contribution in [-0.4, -0.2) is 20.9 Å². The molecule has 2 aromatic rings. The van der Waals surface area contributed by atoms with Gasteiger partial charge < -0.3 is 5.11 Å². The average molecular weight is 255 g/mol. The predicted octanol–water partition coefficient (Wildman–Crippen LogP) is 2.42. The van der Waals surface area contributed by atoms with Gasteiger partial charge in [-0.15, -0.1) is 0 Å². The molecule has 88 valence electrons. The van der Waals surface area contributed by atoms with Gasteiger partial charge in [-0.05, 0) is 12.1 Å². The molecule has 0 radical (unpaired) electrons. The van der Waals surface area contributed by atoms with Crippen molar-refractivity contribution in [1.29, 1.82) is 0 Å². The highest BCUT2D eigenvalue weighted by Gasteiger charge is 2.08. The first kappa shape index (κ1) is 11.6. The van der Waals surface area contributed by atoms with Crippen molar-refractivity contribution >= 4 is 17.6 Å². The Kier molecular flexibility index (Phi) is 3.10. The van der Waals surface area contributed by atoms with Crippen LogP contribution in [0.3, 0.4) is 0 Å². The number of rotatable bonds is 3. The summed E-state index contributed by atoms with van der Waals surface area (Å²) >= 11 is 5.63. The summed E-state index contributed by atoms with van der Waals surface area (Å²) in [4.78, 5) is 10.6. The number of aromatic nitrogens is 2. The molecular weight excluding hydrogens is 247 g/mol. The first-order valence-corrected chi connectivity index (χ1v) is 5.14. The zero-order chi connectivity index (χ0) is 12.4. The Bertz CT molecular complexity index is 568. The van der Waals surface area contributed by atoms with Crippen LogP contribution in [-0.2, 0) is 6.54 Å². The Morgan fingerprint density at radius 3 is 2.88 bits per heavy atom. The fraction of sp³-hybridized carbons (Fsp3) is 0.0909. The lowest BCUT2D eigenvalue weighted by Crippen LogP contribution is -2.02. The smallest absolute Gasteiger partial charge is 0.338 e. The maximum Gasteiger partial charge on any atom is 0.338 e. The summed E-state index contributed by atoms with van der Waals surface area (Å²) in [6, 6.07) is 4.32. The minimum atomic E-state index is -1.06. The number of hydrogen-bond donors (Lipinski definition) is 1. The van der Waals surface area contributed by atoms with Crippen molar-refractivity contribution in [2.45, 2.75) is 6.54 Å². The maximum absolute atomic E-state index is 13.5. The lowest BCUT2D eigenvalue weighted by molar-refractivity contribution is 0.0697. The molecule has 6 heteroatoms. The van der Waals surface area contributed by atoms with Gasteiger partial charge in [-0.1, -0.05) is 17.7 Å². The number of hydrogen-bond acceptors (Lipinski definition) is 2. The molecule has 1 aromatic carbocycles. The van der Waals surface area contributed by atoms with Crippen molar-refractivity contribution in [2.75, 3.05) is 0 Å². The summed E-state index contributed by atoms with van der Waals surface area (Å²) in [6.07, 6.45) is 2.56. The van der Waals surface area contributed by atoms with Crippen LogP contribution in [0.2, 0.25) is 5.02 Å². The number of halogens is 2. The molecule has 0 bridgehead atoms. The van der Waals surface area contributed by atoms with Crippen LogP contribution in [0.5, 0.6) is 0 Å². The first-order chi connectivity index (χ1) is 8.06. The second-order valence-corrected chi connectivity index (χ2v) is 3.90. The normalized spacial score (nSPS) is 10.5. The number of aromatic carboxylic acids is 1. The minimum Gasteiger partial charge on any atom is -0.478 e. The van der Waals surface area contributed by atoms with Crippen LogP contribution in [0.1, 0.15) is 15.9 Å². The van der Waals surface area contributed by atoms with Crippen molar-refractivity contribution in [3.05, 3.63) is 52.6 Å². The lowest BCUT2D eigenvalue weighted by Gasteiger charge is -2.03. The van der Waals surface area contributed by atoms with E-state index >= 15 is 0 Å². The molecule has 0 aliphatic carbocycles. The Hall–Kier alpha value is -1.88. The van der Waals surface area contributed by atoms with Crippen LogP contribution in [0.4, 0.5) is 4.39 Å². The minimum absolute atomic E-state index is 0.0689. The molecule has 0 amide bonds. The molecule has 4 nitrogen and oxygen atoms in total. The van der Waals surface area contributed by atoms with Gasteiger partial charge in [0.2, 0.25) is 0 Å². The summed E-state index contributed by atoms with van der Waals surface area (Å²) in [5.41, 5.74) is 0.466. The molecule has 0 atom stereocenters. The lowest BCUT2D eigenvalue weighted by atomic mass is 10.2. The van der Waals surface area contributed by atoms with Crippen LogP contribution in [0, 0.1) is 5.82 Å². The van der Waals surface area contributed by atoms with Gasteiger partial charge in [-0.25, -0.2) is 9.18 Å². The van der Waals surface area contributed by atoms with Crippen molar-refractivity contribution < 1.29 is 14.3 Å². The molecule has 1 aromatic heterocycles. The fourth-order valence-electron chi connectivity index (χ4n) is 1.38. The van der Waals surface area contributed by atoms with Gasteiger partial charge in [0.05, 0.1) is 18.3 Å². The Balaban J connectivity index is 2.22. The topological polar surface area (TPSA) is 55.1 Å². The van der Waals surface area contributed by atoms with Crippen molar-refractivity contribution in [2.24, 2.45) is 0 Å². The first-order valence-electron chi connectivity index (χ1n) is 4.76. The number of nitrogens with zero attached hydrogens (tertiary/aromatic N) is 2. The highest BCUT2D eigenvalue weighted by atomic mass is 35.5. The molecular formula is C11H8ClFN2O2. The molecule has 0 aliphatic heterocycles. The third-order valence-electron chi connectivity index (χ3n) is 2.23. The van der Waals surface area contributed by atoms with E-state index in [4.69, 9.17) is 16.7 Å². The van der Waals surface area contributed by atoms with E-state index in [1.54, 1.807) is 12.1 Å².